The van der Waals surface area contributed by atoms with Crippen molar-refractivity contribution in [3.8, 4) is 5.75 Å². The van der Waals surface area contributed by atoms with Crippen LogP contribution in [0.15, 0.2) is 42.5 Å². The molecule has 8 nitrogen and oxygen atoms in total. The highest BCUT2D eigenvalue weighted by atomic mass is 16.5. The van der Waals surface area contributed by atoms with E-state index in [2.05, 4.69) is 39.1 Å². The Labute approximate surface area is 236 Å². The van der Waals surface area contributed by atoms with Gasteiger partial charge >= 0.3 is 0 Å². The van der Waals surface area contributed by atoms with Gasteiger partial charge in [-0.3, -0.25) is 9.59 Å². The van der Waals surface area contributed by atoms with Crippen molar-refractivity contribution in [3.63, 3.8) is 0 Å². The number of rotatable bonds is 4. The SMILES string of the molecule is Cc1ccc2nc(COCC(=O)N3CCC4(CCCCc5ccccc5OC[C@@H]5CCCN5C4=O)CC3)[nH]c2c1. The molecule has 0 saturated carbocycles. The van der Waals surface area contributed by atoms with Gasteiger partial charge in [-0.15, -0.1) is 0 Å². The fraction of sp³-hybridized carbons (Fsp3) is 0.531. The number of aryl methyl sites for hydroxylation is 2. The number of carbonyl (C=O) groups excluding carboxylic acids is 2. The Morgan fingerprint density at radius 1 is 1.10 bits per heavy atom. The molecule has 2 saturated heterocycles. The summed E-state index contributed by atoms with van der Waals surface area (Å²) in [6.07, 6.45) is 7.27. The highest BCUT2D eigenvalue weighted by Gasteiger charge is 2.46. The van der Waals surface area contributed by atoms with Crippen LogP contribution in [0, 0.1) is 12.3 Å². The average molecular weight is 545 g/mol. The Bertz CT molecular complexity index is 1360. The molecule has 3 aliphatic rings. The van der Waals surface area contributed by atoms with Crippen molar-refractivity contribution in [1.29, 1.82) is 0 Å². The minimum absolute atomic E-state index is 0.0158. The van der Waals surface area contributed by atoms with Crippen molar-refractivity contribution in [2.75, 3.05) is 32.8 Å². The van der Waals surface area contributed by atoms with Crippen LogP contribution in [-0.2, 0) is 27.4 Å². The summed E-state index contributed by atoms with van der Waals surface area (Å²) in [5.41, 5.74) is 3.90. The molecule has 2 amide bonds. The van der Waals surface area contributed by atoms with E-state index in [1.54, 1.807) is 0 Å². The highest BCUT2D eigenvalue weighted by molar-refractivity contribution is 5.84. The van der Waals surface area contributed by atoms with Crippen LogP contribution in [0.1, 0.15) is 61.9 Å². The molecule has 1 N–H and O–H groups in total. The number of likely N-dealkylation sites (tertiary alicyclic amines) is 1. The van der Waals surface area contributed by atoms with Gasteiger partial charge in [0.15, 0.2) is 0 Å². The van der Waals surface area contributed by atoms with E-state index >= 15 is 0 Å². The first-order valence-corrected chi connectivity index (χ1v) is 14.8. The summed E-state index contributed by atoms with van der Waals surface area (Å²) >= 11 is 0. The van der Waals surface area contributed by atoms with Crippen molar-refractivity contribution < 1.29 is 19.1 Å². The zero-order valence-electron chi connectivity index (χ0n) is 23.5. The molecular weight excluding hydrogens is 504 g/mol. The smallest absolute Gasteiger partial charge is 0.248 e. The fourth-order valence-corrected chi connectivity index (χ4v) is 6.72. The van der Waals surface area contributed by atoms with E-state index in [0.717, 1.165) is 67.7 Å². The first-order chi connectivity index (χ1) is 19.5. The lowest BCUT2D eigenvalue weighted by molar-refractivity contribution is -0.151. The molecule has 2 aromatic carbocycles. The number of para-hydroxylation sites is 1. The van der Waals surface area contributed by atoms with Crippen LogP contribution in [-0.4, -0.2) is 70.5 Å². The molecule has 0 bridgehead atoms. The lowest BCUT2D eigenvalue weighted by Gasteiger charge is -2.44. The van der Waals surface area contributed by atoms with Crippen molar-refractivity contribution in [2.24, 2.45) is 5.41 Å². The first kappa shape index (κ1) is 26.8. The van der Waals surface area contributed by atoms with Gasteiger partial charge in [0.05, 0.1) is 22.5 Å². The second-order valence-corrected chi connectivity index (χ2v) is 11.8. The summed E-state index contributed by atoms with van der Waals surface area (Å²) in [4.78, 5) is 38.9. The number of aromatic amines is 1. The largest absolute Gasteiger partial charge is 0.491 e. The molecular formula is C32H40N4O4. The number of nitrogens with one attached hydrogen (secondary N) is 1. The zero-order chi connectivity index (χ0) is 27.5. The van der Waals surface area contributed by atoms with Gasteiger partial charge in [0.2, 0.25) is 11.8 Å². The summed E-state index contributed by atoms with van der Waals surface area (Å²) in [5.74, 6) is 1.93. The number of amides is 2. The first-order valence-electron chi connectivity index (χ1n) is 14.8. The minimum Gasteiger partial charge on any atom is -0.491 e. The Morgan fingerprint density at radius 2 is 1.95 bits per heavy atom. The number of ether oxygens (including phenoxy) is 2. The zero-order valence-corrected chi connectivity index (χ0v) is 23.5. The third-order valence-electron chi connectivity index (χ3n) is 9.07. The molecule has 1 aromatic heterocycles. The van der Waals surface area contributed by atoms with E-state index in [1.807, 2.05) is 30.0 Å². The third-order valence-corrected chi connectivity index (χ3v) is 9.07. The predicted molar refractivity (Wildman–Crippen MR) is 153 cm³/mol. The molecule has 1 atom stereocenters. The molecule has 6 rings (SSSR count). The monoisotopic (exact) mass is 544 g/mol. The van der Waals surface area contributed by atoms with Gasteiger partial charge in [-0.2, -0.15) is 0 Å². The minimum atomic E-state index is -0.397. The number of aromatic nitrogens is 2. The van der Waals surface area contributed by atoms with Crippen LogP contribution in [0.4, 0.5) is 0 Å². The Balaban J connectivity index is 1.07. The van der Waals surface area contributed by atoms with Crippen molar-refractivity contribution in [2.45, 2.75) is 70.9 Å². The molecule has 1 spiro atoms. The van der Waals surface area contributed by atoms with Crippen molar-refractivity contribution in [3.05, 3.63) is 59.4 Å². The number of benzene rings is 2. The molecule has 0 unspecified atom stereocenters. The van der Waals surface area contributed by atoms with Gasteiger partial charge in [-0.05, 0) is 81.2 Å². The van der Waals surface area contributed by atoms with E-state index in [4.69, 9.17) is 9.47 Å². The van der Waals surface area contributed by atoms with Gasteiger partial charge in [0.25, 0.3) is 0 Å². The van der Waals surface area contributed by atoms with Crippen molar-refractivity contribution in [1.82, 2.24) is 19.8 Å². The molecule has 0 radical (unpaired) electrons. The Kier molecular flexibility index (Phi) is 7.78. The number of imidazole rings is 1. The molecule has 4 heterocycles. The van der Waals surface area contributed by atoms with Gasteiger partial charge in [-0.1, -0.05) is 30.7 Å². The summed E-state index contributed by atoms with van der Waals surface area (Å²) in [6.45, 7) is 4.86. The summed E-state index contributed by atoms with van der Waals surface area (Å²) in [6, 6.07) is 14.5. The third kappa shape index (κ3) is 5.59. The Hall–Kier alpha value is -3.39. The second kappa shape index (κ2) is 11.6. The molecule has 40 heavy (non-hydrogen) atoms. The molecule has 2 fully saturated rings. The average Bonchev–Trinajstić information content (AvgIpc) is 3.60. The van der Waals surface area contributed by atoms with E-state index in [9.17, 15) is 9.59 Å². The normalized spacial score (nSPS) is 21.4. The molecule has 3 aromatic rings. The molecule has 0 aliphatic carbocycles. The maximum Gasteiger partial charge on any atom is 0.248 e. The maximum absolute atomic E-state index is 14.1. The van der Waals surface area contributed by atoms with Crippen LogP contribution in [0.3, 0.4) is 0 Å². The number of nitrogens with zero attached hydrogens (tertiary/aromatic N) is 3. The number of H-pyrrole nitrogens is 1. The van der Waals surface area contributed by atoms with E-state index in [0.29, 0.717) is 32.5 Å². The predicted octanol–water partition coefficient (Wildman–Crippen LogP) is 4.79. The number of hydrogen-bond donors (Lipinski definition) is 1. The fourth-order valence-electron chi connectivity index (χ4n) is 6.72. The number of hydrogen-bond acceptors (Lipinski definition) is 5. The number of fused-ring (bicyclic) bond motifs is 3. The summed E-state index contributed by atoms with van der Waals surface area (Å²) in [5, 5.41) is 0. The lowest BCUT2D eigenvalue weighted by atomic mass is 9.73. The van der Waals surface area contributed by atoms with Crippen LogP contribution >= 0.6 is 0 Å². The van der Waals surface area contributed by atoms with Gasteiger partial charge < -0.3 is 24.3 Å². The van der Waals surface area contributed by atoms with Gasteiger partial charge in [-0.25, -0.2) is 4.98 Å². The number of carbonyl (C=O) groups is 2. The van der Waals surface area contributed by atoms with Gasteiger partial charge in [0, 0.05) is 19.6 Å². The molecule has 3 aliphatic heterocycles. The summed E-state index contributed by atoms with van der Waals surface area (Å²) < 4.78 is 12.0. The quantitative estimate of drug-likeness (QED) is 0.510. The van der Waals surface area contributed by atoms with E-state index in [-0.39, 0.29) is 31.1 Å². The van der Waals surface area contributed by atoms with Crippen LogP contribution < -0.4 is 4.74 Å². The van der Waals surface area contributed by atoms with Crippen LogP contribution in [0.5, 0.6) is 5.75 Å². The molecule has 8 heteroatoms. The van der Waals surface area contributed by atoms with Crippen molar-refractivity contribution >= 4 is 22.8 Å². The van der Waals surface area contributed by atoms with Gasteiger partial charge in [0.1, 0.15) is 31.4 Å². The van der Waals surface area contributed by atoms with E-state index < -0.39 is 5.41 Å². The molecule has 212 valence electrons. The second-order valence-electron chi connectivity index (χ2n) is 11.8. The maximum atomic E-state index is 14.1. The number of piperidine rings is 1. The lowest BCUT2D eigenvalue weighted by Crippen LogP contribution is -2.53. The van der Waals surface area contributed by atoms with Crippen LogP contribution in [0.25, 0.3) is 11.0 Å². The standard InChI is InChI=1S/C32H40N4O4/c1-23-11-12-26-27(19-23)34-29(33-26)21-39-22-30(37)35-17-14-32(15-18-35)13-5-4-8-24-7-2-3-10-28(24)40-20-25-9-6-16-36(25)31(32)38/h2-3,7,10-12,19,25H,4-6,8-9,13-18,20-22H2,1H3,(H,33,34)/t25-/m0/s1. The highest BCUT2D eigenvalue weighted by Crippen LogP contribution is 2.41. The van der Waals surface area contributed by atoms with Crippen LogP contribution in [0.2, 0.25) is 0 Å². The Morgan fingerprint density at radius 3 is 2.83 bits per heavy atom. The topological polar surface area (TPSA) is 87.8 Å². The van der Waals surface area contributed by atoms with E-state index in [1.165, 1.54) is 11.1 Å². The summed E-state index contributed by atoms with van der Waals surface area (Å²) in [7, 11) is 0.